The molecule has 0 saturated carbocycles. The van der Waals surface area contributed by atoms with E-state index in [1.54, 1.807) is 0 Å². The monoisotopic (exact) mass is 636 g/mol. The molecule has 1 aromatic carbocycles. The van der Waals surface area contributed by atoms with E-state index in [-0.39, 0.29) is 11.5 Å². The molecule has 1 aliphatic heterocycles. The molecule has 9 heteroatoms. The molecule has 3 heterocycles. The van der Waals surface area contributed by atoms with Gasteiger partial charge < -0.3 is 24.4 Å². The molecule has 244 valence electrons. The van der Waals surface area contributed by atoms with Crippen molar-refractivity contribution in [2.45, 2.75) is 93.0 Å². The van der Waals surface area contributed by atoms with Crippen molar-refractivity contribution in [3.05, 3.63) is 64.6 Å². The number of esters is 1. The quantitative estimate of drug-likeness (QED) is 0.166. The summed E-state index contributed by atoms with van der Waals surface area (Å²) in [5, 5.41) is 3.92. The number of benzene rings is 1. The van der Waals surface area contributed by atoms with Crippen molar-refractivity contribution < 1.29 is 19.0 Å². The number of aromatic nitrogens is 2. The number of anilines is 2. The first-order valence-electron chi connectivity index (χ1n) is 15.9. The summed E-state index contributed by atoms with van der Waals surface area (Å²) in [6, 6.07) is 9.73. The molecule has 0 amide bonds. The molecule has 1 N–H and O–H groups in total. The van der Waals surface area contributed by atoms with Gasteiger partial charge in [-0.15, -0.1) is 0 Å². The van der Waals surface area contributed by atoms with E-state index in [1.165, 1.54) is 0 Å². The van der Waals surface area contributed by atoms with Gasteiger partial charge in [0.1, 0.15) is 18.2 Å². The van der Waals surface area contributed by atoms with Gasteiger partial charge in [-0.1, -0.05) is 31.5 Å². The maximum atomic E-state index is 13.6. The molecular weight excluding hydrogens is 588 g/mol. The molecule has 1 aliphatic rings. The Morgan fingerprint density at radius 3 is 2.38 bits per heavy atom. The Bertz CT molecular complexity index is 1460. The first-order valence-corrected chi connectivity index (χ1v) is 16.2. The zero-order chi connectivity index (χ0) is 32.9. The minimum Gasteiger partial charge on any atom is -0.490 e. The summed E-state index contributed by atoms with van der Waals surface area (Å²) >= 11 is 6.30. The molecule has 4 rings (SSSR count). The van der Waals surface area contributed by atoms with E-state index in [4.69, 9.17) is 35.8 Å². The molecule has 1 fully saturated rings. The molecule has 0 bridgehead atoms. The summed E-state index contributed by atoms with van der Waals surface area (Å²) in [4.78, 5) is 25.5. The van der Waals surface area contributed by atoms with Gasteiger partial charge in [0.05, 0.1) is 29.0 Å². The number of carbonyl (C=O) groups is 1. The predicted molar refractivity (Wildman–Crippen MR) is 182 cm³/mol. The van der Waals surface area contributed by atoms with Gasteiger partial charge in [0.25, 0.3) is 0 Å². The highest BCUT2D eigenvalue weighted by molar-refractivity contribution is 6.32. The molecule has 1 saturated heterocycles. The Labute approximate surface area is 273 Å². The van der Waals surface area contributed by atoms with E-state index in [1.807, 2.05) is 91.2 Å². The second-order valence-electron chi connectivity index (χ2n) is 13.9. The lowest BCUT2D eigenvalue weighted by Crippen LogP contribution is -2.39. The van der Waals surface area contributed by atoms with Crippen LogP contribution in [-0.4, -0.2) is 53.9 Å². The number of aryl methyl sites for hydroxylation is 2. The number of carbonyl (C=O) groups excluding carboxylic acids is 1. The van der Waals surface area contributed by atoms with Crippen LogP contribution in [0.3, 0.4) is 0 Å². The molecule has 45 heavy (non-hydrogen) atoms. The average Bonchev–Trinajstić information content (AvgIpc) is 2.95. The highest BCUT2D eigenvalue weighted by Crippen LogP contribution is 2.43. The zero-order valence-corrected chi connectivity index (χ0v) is 29.0. The largest absolute Gasteiger partial charge is 0.490 e. The van der Waals surface area contributed by atoms with Gasteiger partial charge in [0.15, 0.2) is 6.10 Å². The second kappa shape index (κ2) is 14.4. The highest BCUT2D eigenvalue weighted by Gasteiger charge is 2.37. The summed E-state index contributed by atoms with van der Waals surface area (Å²) in [6.45, 7) is 20.8. The van der Waals surface area contributed by atoms with Crippen molar-refractivity contribution in [3.8, 4) is 16.9 Å². The number of rotatable bonds is 11. The summed E-state index contributed by atoms with van der Waals surface area (Å²) < 4.78 is 18.0. The van der Waals surface area contributed by atoms with Crippen LogP contribution in [0.4, 0.5) is 11.5 Å². The maximum Gasteiger partial charge on any atom is 0.340 e. The standard InChI is InChI=1S/C36H49ClN4O4/c1-23(2)44-34(42)33(45-35(5,6)7)31-25(4)39-22-27(32(31)41-17-14-36(8,9)15-18-41)26-11-13-30(40-21-26)38-16-19-43-29-12-10-24(3)20-28(29)37/h10-13,20-23,33H,14-19H2,1-9H3,(H,38,40)/t33-/m0/s1. The minimum absolute atomic E-state index is 0.250. The number of ether oxygens (including phenoxy) is 3. The molecule has 1 atom stereocenters. The fourth-order valence-corrected chi connectivity index (χ4v) is 5.69. The Kier molecular flexibility index (Phi) is 11.0. The Balaban J connectivity index is 1.65. The summed E-state index contributed by atoms with van der Waals surface area (Å²) in [5.41, 5.74) is 5.02. The van der Waals surface area contributed by atoms with E-state index in [2.05, 4.69) is 24.1 Å². The molecule has 3 aromatic rings. The van der Waals surface area contributed by atoms with Gasteiger partial charge in [-0.3, -0.25) is 4.98 Å². The molecule has 0 radical (unpaired) electrons. The third-order valence-corrected chi connectivity index (χ3v) is 8.14. The van der Waals surface area contributed by atoms with Gasteiger partial charge >= 0.3 is 5.97 Å². The third kappa shape index (κ3) is 9.33. The van der Waals surface area contributed by atoms with Crippen molar-refractivity contribution in [1.29, 1.82) is 0 Å². The fourth-order valence-electron chi connectivity index (χ4n) is 5.40. The first kappa shape index (κ1) is 34.5. The van der Waals surface area contributed by atoms with E-state index < -0.39 is 17.7 Å². The average molecular weight is 637 g/mol. The lowest BCUT2D eigenvalue weighted by atomic mass is 9.82. The molecule has 2 aromatic heterocycles. The van der Waals surface area contributed by atoms with Gasteiger partial charge in [0.2, 0.25) is 0 Å². The number of nitrogens with zero attached hydrogens (tertiary/aromatic N) is 3. The van der Waals surface area contributed by atoms with E-state index in [0.717, 1.165) is 65.4 Å². The van der Waals surface area contributed by atoms with Crippen molar-refractivity contribution >= 4 is 29.1 Å². The lowest BCUT2D eigenvalue weighted by molar-refractivity contribution is -0.171. The van der Waals surface area contributed by atoms with Crippen LogP contribution in [0.15, 0.2) is 42.7 Å². The van der Waals surface area contributed by atoms with Crippen LogP contribution in [0.5, 0.6) is 5.75 Å². The van der Waals surface area contributed by atoms with E-state index in [0.29, 0.717) is 23.9 Å². The highest BCUT2D eigenvalue weighted by atomic mass is 35.5. The lowest BCUT2D eigenvalue weighted by Gasteiger charge is -2.41. The number of halogens is 1. The summed E-state index contributed by atoms with van der Waals surface area (Å²) in [7, 11) is 0. The topological polar surface area (TPSA) is 85.8 Å². The van der Waals surface area contributed by atoms with Crippen LogP contribution < -0.4 is 15.0 Å². The number of nitrogens with one attached hydrogen (secondary N) is 1. The van der Waals surface area contributed by atoms with E-state index >= 15 is 0 Å². The molecule has 0 unspecified atom stereocenters. The number of hydrogen-bond donors (Lipinski definition) is 1. The first-order chi connectivity index (χ1) is 21.1. The SMILES string of the molecule is Cc1ccc(OCCNc2ccc(-c3cnc(C)c([C@H](OC(C)(C)C)C(=O)OC(C)C)c3N3CCC(C)(C)CC3)cn2)c(Cl)c1. The van der Waals surface area contributed by atoms with E-state index in [9.17, 15) is 4.79 Å². The van der Waals surface area contributed by atoms with Crippen LogP contribution in [0.1, 0.15) is 84.2 Å². The van der Waals surface area contributed by atoms with Gasteiger partial charge in [-0.25, -0.2) is 9.78 Å². The van der Waals surface area contributed by atoms with Gasteiger partial charge in [0, 0.05) is 47.9 Å². The Morgan fingerprint density at radius 2 is 1.78 bits per heavy atom. The number of hydrogen-bond acceptors (Lipinski definition) is 8. The zero-order valence-electron chi connectivity index (χ0n) is 28.3. The Hall–Kier alpha value is -3.36. The molecule has 0 spiro atoms. The van der Waals surface area contributed by atoms with Crippen molar-refractivity contribution in [1.82, 2.24) is 9.97 Å². The third-order valence-electron chi connectivity index (χ3n) is 7.85. The number of piperidine rings is 1. The molecule has 0 aliphatic carbocycles. The Morgan fingerprint density at radius 1 is 1.07 bits per heavy atom. The smallest absolute Gasteiger partial charge is 0.340 e. The van der Waals surface area contributed by atoms with Crippen LogP contribution in [0.2, 0.25) is 5.02 Å². The summed E-state index contributed by atoms with van der Waals surface area (Å²) in [6.07, 6.45) is 4.60. The van der Waals surface area contributed by atoms with Gasteiger partial charge in [-0.2, -0.15) is 0 Å². The molecule has 8 nitrogen and oxygen atoms in total. The fraction of sp³-hybridized carbons (Fsp3) is 0.528. The normalized spacial score (nSPS) is 15.6. The van der Waals surface area contributed by atoms with Crippen LogP contribution in [0, 0.1) is 19.3 Å². The van der Waals surface area contributed by atoms with Crippen LogP contribution in [0.25, 0.3) is 11.1 Å². The number of pyridine rings is 2. The minimum atomic E-state index is -0.930. The predicted octanol–water partition coefficient (Wildman–Crippen LogP) is 8.34. The van der Waals surface area contributed by atoms with Crippen molar-refractivity contribution in [2.24, 2.45) is 5.41 Å². The molecular formula is C36H49ClN4O4. The summed E-state index contributed by atoms with van der Waals surface area (Å²) in [5.74, 6) is 0.982. The van der Waals surface area contributed by atoms with Crippen LogP contribution >= 0.6 is 11.6 Å². The second-order valence-corrected chi connectivity index (χ2v) is 14.3. The van der Waals surface area contributed by atoms with Gasteiger partial charge in [-0.05, 0) is 96.6 Å². The van der Waals surface area contributed by atoms with Crippen molar-refractivity contribution in [3.63, 3.8) is 0 Å². The van der Waals surface area contributed by atoms with Crippen molar-refractivity contribution in [2.75, 3.05) is 36.5 Å². The van der Waals surface area contributed by atoms with Crippen LogP contribution in [-0.2, 0) is 14.3 Å². The maximum absolute atomic E-state index is 13.6.